The molecule has 10 bridgehead atoms. The van der Waals surface area contributed by atoms with E-state index in [1.165, 1.54) is 31.3 Å². The molecule has 5 aliphatic heterocycles. The lowest BCUT2D eigenvalue weighted by molar-refractivity contribution is -0.129. The van der Waals surface area contributed by atoms with E-state index in [1.54, 1.807) is 27.7 Å². The highest BCUT2D eigenvalue weighted by Crippen LogP contribution is 2.56. The third kappa shape index (κ3) is 8.45. The molecule has 2 aromatic carbocycles. The minimum Gasteiger partial charge on any atom is -0.508 e. The number of aliphatic hydroxyl groups excluding tert-OH is 3. The smallest absolute Gasteiger partial charge is 0.191 e. The van der Waals surface area contributed by atoms with Gasteiger partial charge in [-0.3, -0.25) is 10.1 Å². The fraction of sp³-hybridized carbons (Fsp3) is 0.532. The van der Waals surface area contributed by atoms with E-state index in [2.05, 4.69) is 101 Å². The SMILES string of the molecule is CCCCCC(C(=O)CCc1c(O)cc2c3c1CSSCC14C=CC5c6c(ccc(c61)C(N)NC4)C(O)C#CC(C(O3)n1cc3[nH]cc5c3c1)C1(C#CO2)CCCC1)C(O)C1C=C2C=CC3CCCCC3C2CC1O. The lowest BCUT2D eigenvalue weighted by atomic mass is 9.61. The number of rotatable bonds is 10. The average molecular weight is 1050 g/mol. The summed E-state index contributed by atoms with van der Waals surface area (Å²) in [5.74, 6) is 11.8. The first-order valence-corrected chi connectivity index (χ1v) is 30.5. The number of phenolic OH excluding ortho intramolecular Hbond substituents is 1. The Morgan fingerprint density at radius 1 is 1.04 bits per heavy atom. The van der Waals surface area contributed by atoms with E-state index in [-0.39, 0.29) is 36.2 Å². The predicted molar refractivity (Wildman–Crippen MR) is 295 cm³/mol. The van der Waals surface area contributed by atoms with Crippen molar-refractivity contribution in [2.45, 2.75) is 151 Å². The van der Waals surface area contributed by atoms with Gasteiger partial charge in [0.1, 0.15) is 23.7 Å². The Labute approximate surface area is 448 Å². The highest BCUT2D eigenvalue weighted by Gasteiger charge is 2.49. The molecule has 75 heavy (non-hydrogen) atoms. The van der Waals surface area contributed by atoms with Crippen molar-refractivity contribution >= 4 is 38.3 Å². The third-order valence-corrected chi connectivity index (χ3v) is 21.7. The van der Waals surface area contributed by atoms with Crippen LogP contribution in [0.25, 0.3) is 10.9 Å². The summed E-state index contributed by atoms with van der Waals surface area (Å²) in [5, 5.41) is 53.7. The van der Waals surface area contributed by atoms with Crippen LogP contribution in [-0.4, -0.2) is 60.3 Å². The number of nitrogens with one attached hydrogen (secondary N) is 2. The number of carbonyl (C=O) groups excluding carboxylic acids is 1. The number of unbranched alkanes of at least 4 members (excludes halogenated alkanes) is 2. The van der Waals surface area contributed by atoms with Gasteiger partial charge >= 0.3 is 0 Å². The summed E-state index contributed by atoms with van der Waals surface area (Å²) in [7, 11) is 3.40. The van der Waals surface area contributed by atoms with Gasteiger partial charge in [-0.05, 0) is 96.1 Å². The summed E-state index contributed by atoms with van der Waals surface area (Å²) in [6.07, 6.45) is 29.1. The van der Waals surface area contributed by atoms with Gasteiger partial charge in [-0.15, -0.1) is 0 Å². The molecule has 8 N–H and O–H groups in total. The molecule has 0 saturated heterocycles. The van der Waals surface area contributed by atoms with Crippen LogP contribution in [0.3, 0.4) is 0 Å². The van der Waals surface area contributed by atoms with Crippen LogP contribution < -0.4 is 20.5 Å². The van der Waals surface area contributed by atoms with Crippen LogP contribution in [0.15, 0.2) is 72.7 Å². The molecule has 10 aliphatic rings. The second-order valence-corrected chi connectivity index (χ2v) is 25.9. The Morgan fingerprint density at radius 3 is 2.76 bits per heavy atom. The highest BCUT2D eigenvalue weighted by molar-refractivity contribution is 8.76. The molecule has 5 aliphatic carbocycles. The molecule has 392 valence electrons. The Bertz CT molecular complexity index is 3140. The van der Waals surface area contributed by atoms with Gasteiger partial charge in [0, 0.05) is 88.8 Å². The van der Waals surface area contributed by atoms with Crippen LogP contribution in [0.5, 0.6) is 17.2 Å². The summed E-state index contributed by atoms with van der Waals surface area (Å²) >= 11 is 0. The maximum atomic E-state index is 15.0. The molecular weight excluding hydrogens is 977 g/mol. The van der Waals surface area contributed by atoms with Crippen molar-refractivity contribution in [3.05, 3.63) is 112 Å². The number of H-pyrrole nitrogens is 1. The number of benzene rings is 2. The minimum absolute atomic E-state index is 0.0100. The molecule has 2 spiro atoms. The Morgan fingerprint density at radius 2 is 1.89 bits per heavy atom. The zero-order chi connectivity index (χ0) is 51.2. The molecule has 0 radical (unpaired) electrons. The summed E-state index contributed by atoms with van der Waals surface area (Å²) in [5.41, 5.74) is 14.3. The van der Waals surface area contributed by atoms with E-state index in [9.17, 15) is 25.2 Å². The van der Waals surface area contributed by atoms with Gasteiger partial charge in [-0.25, -0.2) is 0 Å². The van der Waals surface area contributed by atoms with Crippen molar-refractivity contribution in [2.24, 2.45) is 46.7 Å². The van der Waals surface area contributed by atoms with Crippen LogP contribution in [0.2, 0.25) is 0 Å². The van der Waals surface area contributed by atoms with Gasteiger partial charge in [-0.1, -0.05) is 134 Å². The lowest BCUT2D eigenvalue weighted by Crippen LogP contribution is -2.50. The van der Waals surface area contributed by atoms with E-state index in [0.29, 0.717) is 65.4 Å². The lowest BCUT2D eigenvalue weighted by Gasteiger charge is -2.45. The van der Waals surface area contributed by atoms with E-state index in [4.69, 9.17) is 15.2 Å². The van der Waals surface area contributed by atoms with Crippen LogP contribution in [0.4, 0.5) is 0 Å². The van der Waals surface area contributed by atoms with E-state index in [0.717, 1.165) is 83.7 Å². The molecule has 14 rings (SSSR count). The first kappa shape index (κ1) is 49.7. The molecule has 2 saturated carbocycles. The quantitative estimate of drug-likeness (QED) is 0.0348. The van der Waals surface area contributed by atoms with E-state index < -0.39 is 59.3 Å². The van der Waals surface area contributed by atoms with Gasteiger partial charge in [0.15, 0.2) is 17.7 Å². The number of hydrogen-bond donors (Lipinski definition) is 7. The molecule has 4 aromatic rings. The third-order valence-electron chi connectivity index (χ3n) is 19.3. The second-order valence-electron chi connectivity index (χ2n) is 23.4. The van der Waals surface area contributed by atoms with Crippen molar-refractivity contribution in [3.8, 4) is 41.1 Å². The molecule has 13 unspecified atom stereocenters. The minimum atomic E-state index is -1.12. The number of aromatic amines is 1. The highest BCUT2D eigenvalue weighted by atomic mass is 33.1. The van der Waals surface area contributed by atoms with Gasteiger partial charge in [0.2, 0.25) is 0 Å². The van der Waals surface area contributed by atoms with Gasteiger partial charge in [0.25, 0.3) is 0 Å². The molecule has 2 fully saturated rings. The fourth-order valence-electron chi connectivity index (χ4n) is 15.3. The number of fused-ring (bicyclic) bond motifs is 7. The normalized spacial score (nSPS) is 32.2. The Balaban J connectivity index is 0.916. The maximum absolute atomic E-state index is 15.0. The van der Waals surface area contributed by atoms with E-state index in [1.807, 2.05) is 6.07 Å². The standard InChI is InChI=1S/C62H70N4O7S2/c1-2-3-4-11-41(57(71)44-26-36-13-12-35-9-5-6-10-37(35)43(36)27-52(44)69)51(68)18-16-38-47-32-74-75-34-62-23-20-39-45-29-64-49-31-66(30-46(45)49)60-48(17-19-50(67)40-14-15-42(56(62)55(39)40)59(63)65-33-62)61(21-7-8-22-61)24-25-72-54(28-53(38)70)58(47)73-60/h12-15,20,23,26,28-31,35,37,39,41,43-44,48,50,52,57,59-60,64-65,67,69-71H,2-11,16,18,21-22,27,32-34,63H2,1H3. The molecule has 7 heterocycles. The zero-order valence-corrected chi connectivity index (χ0v) is 44.5. The first-order chi connectivity index (χ1) is 36.5. The number of nitrogens with two attached hydrogens (primary N) is 1. The Kier molecular flexibility index (Phi) is 13.2. The Hall–Kier alpha value is -4.83. The zero-order valence-electron chi connectivity index (χ0n) is 42.9. The van der Waals surface area contributed by atoms with Crippen LogP contribution in [0, 0.1) is 64.8 Å². The number of nitrogens with zero attached hydrogens (tertiary/aromatic N) is 1. The van der Waals surface area contributed by atoms with Crippen molar-refractivity contribution in [3.63, 3.8) is 0 Å². The van der Waals surface area contributed by atoms with Crippen molar-refractivity contribution in [1.82, 2.24) is 14.9 Å². The number of aromatic nitrogens is 2. The maximum Gasteiger partial charge on any atom is 0.191 e. The monoisotopic (exact) mass is 1050 g/mol. The average Bonchev–Trinajstić information content (AvgIpc) is 4.24. The van der Waals surface area contributed by atoms with Crippen molar-refractivity contribution in [2.75, 3.05) is 12.3 Å². The second kappa shape index (κ2) is 19.9. The van der Waals surface area contributed by atoms with Gasteiger partial charge in [0.05, 0.1) is 35.2 Å². The molecular formula is C62H70N4O7S2. The van der Waals surface area contributed by atoms with Gasteiger partial charge in [-0.2, -0.15) is 0 Å². The molecule has 13 heteroatoms. The summed E-state index contributed by atoms with van der Waals surface area (Å²) < 4.78 is 16.1. The van der Waals surface area contributed by atoms with Crippen molar-refractivity contribution in [1.29, 1.82) is 0 Å². The van der Waals surface area contributed by atoms with E-state index >= 15 is 0 Å². The number of allylic oxidation sites excluding steroid dienone is 4. The van der Waals surface area contributed by atoms with Gasteiger partial charge < -0.3 is 45.2 Å². The number of phenols is 1. The molecule has 0 amide bonds. The summed E-state index contributed by atoms with van der Waals surface area (Å²) in [6.45, 7) is 2.74. The molecule has 11 nitrogen and oxygen atoms in total. The molecule has 13 atom stereocenters. The summed E-state index contributed by atoms with van der Waals surface area (Å²) in [4.78, 5) is 18.6. The predicted octanol–water partition coefficient (Wildman–Crippen LogP) is 10.6. The van der Waals surface area contributed by atoms with Crippen molar-refractivity contribution < 1.29 is 34.7 Å². The first-order valence-electron chi connectivity index (χ1n) is 28.0. The topological polar surface area (TPSA) is 175 Å². The number of aromatic hydroxyl groups is 1. The molecule has 2 aromatic heterocycles. The van der Waals surface area contributed by atoms with Crippen LogP contribution in [0.1, 0.15) is 160 Å². The van der Waals surface area contributed by atoms with Crippen LogP contribution >= 0.6 is 21.6 Å². The number of ether oxygens (including phenoxy) is 2. The fourth-order valence-corrected chi connectivity index (χ4v) is 18.0. The number of ketones is 1. The number of hydrogen-bond acceptors (Lipinski definition) is 11. The number of carbonyl (C=O) groups is 1. The number of aliphatic hydroxyl groups is 3. The summed E-state index contributed by atoms with van der Waals surface area (Å²) in [6, 6.07) is 5.69. The number of Topliss-reactive ketones (excluding diaryl/α,β-unsaturated/α-hetero) is 1. The van der Waals surface area contributed by atoms with Crippen LogP contribution in [-0.2, 0) is 22.4 Å². The largest absolute Gasteiger partial charge is 0.508 e.